The van der Waals surface area contributed by atoms with Gasteiger partial charge in [-0.1, -0.05) is 11.6 Å². The maximum atomic E-state index is 11.4. The van der Waals surface area contributed by atoms with Crippen molar-refractivity contribution in [3.05, 3.63) is 35.2 Å². The van der Waals surface area contributed by atoms with E-state index in [-0.39, 0.29) is 5.92 Å². The molecule has 0 saturated carbocycles. The number of esters is 1. The van der Waals surface area contributed by atoms with Gasteiger partial charge in [0.2, 0.25) is 0 Å². The van der Waals surface area contributed by atoms with Gasteiger partial charge in [-0.05, 0) is 44.0 Å². The number of aliphatic hydroxyl groups excluding tert-OH is 1. The zero-order valence-electron chi connectivity index (χ0n) is 13.0. The van der Waals surface area contributed by atoms with Gasteiger partial charge in [-0.15, -0.1) is 0 Å². The molecule has 0 amide bonds. The first-order valence-corrected chi connectivity index (χ1v) is 8.06. The van der Waals surface area contributed by atoms with Crippen molar-refractivity contribution in [2.75, 3.05) is 20.2 Å². The highest BCUT2D eigenvalue weighted by atomic mass is 35.5. The molecule has 0 bridgehead atoms. The number of nitrogens with zero attached hydrogens (tertiary/aromatic N) is 3. The Hall–Kier alpha value is -1.63. The molecule has 2 aromatic heterocycles. The lowest BCUT2D eigenvalue weighted by atomic mass is 9.91. The molecule has 1 N–H and O–H groups in total. The third-order valence-electron chi connectivity index (χ3n) is 4.37. The van der Waals surface area contributed by atoms with Gasteiger partial charge < -0.3 is 14.2 Å². The average molecular weight is 338 g/mol. The van der Waals surface area contributed by atoms with Gasteiger partial charge in [0.1, 0.15) is 5.65 Å². The van der Waals surface area contributed by atoms with Gasteiger partial charge in [-0.25, -0.2) is 9.78 Å². The molecule has 1 fully saturated rings. The highest BCUT2D eigenvalue weighted by Crippen LogP contribution is 2.23. The maximum Gasteiger partial charge on any atom is 0.334 e. The first kappa shape index (κ1) is 16.2. The van der Waals surface area contributed by atoms with Gasteiger partial charge in [0.05, 0.1) is 17.8 Å². The Kier molecular flexibility index (Phi) is 4.84. The number of carbonyl (C=O) groups excluding carboxylic acids is 1. The number of fused-ring (bicyclic) bond motifs is 1. The molecule has 124 valence electrons. The molecule has 23 heavy (non-hydrogen) atoms. The van der Waals surface area contributed by atoms with Crippen molar-refractivity contribution in [3.8, 4) is 0 Å². The molecule has 0 radical (unpaired) electrons. The Labute approximate surface area is 139 Å². The molecule has 7 heteroatoms. The van der Waals surface area contributed by atoms with Crippen molar-refractivity contribution in [2.24, 2.45) is 5.92 Å². The second kappa shape index (κ2) is 6.86. The predicted octanol–water partition coefficient (Wildman–Crippen LogP) is 1.73. The summed E-state index contributed by atoms with van der Waals surface area (Å²) in [4.78, 5) is 18.3. The number of hydrogen-bond donors (Lipinski definition) is 1. The van der Waals surface area contributed by atoms with Crippen molar-refractivity contribution in [1.29, 1.82) is 0 Å². The van der Waals surface area contributed by atoms with Gasteiger partial charge in [-0.3, -0.25) is 4.90 Å². The van der Waals surface area contributed by atoms with E-state index in [0.29, 0.717) is 5.02 Å². The minimum Gasteiger partial charge on any atom is -0.467 e. The Bertz CT molecular complexity index is 695. The fourth-order valence-electron chi connectivity index (χ4n) is 3.06. The first-order chi connectivity index (χ1) is 11.1. The van der Waals surface area contributed by atoms with E-state index in [2.05, 4.69) is 14.6 Å². The van der Waals surface area contributed by atoms with Crippen LogP contribution in [0.25, 0.3) is 5.65 Å². The smallest absolute Gasteiger partial charge is 0.334 e. The number of piperidine rings is 1. The fraction of sp³-hybridized carbons (Fsp3) is 0.500. The maximum absolute atomic E-state index is 11.4. The van der Waals surface area contributed by atoms with Crippen LogP contribution in [0.3, 0.4) is 0 Å². The van der Waals surface area contributed by atoms with Crippen LogP contribution in [0.2, 0.25) is 5.02 Å². The molecule has 0 unspecified atom stereocenters. The third-order valence-corrected chi connectivity index (χ3v) is 4.60. The Morgan fingerprint density at radius 3 is 2.87 bits per heavy atom. The van der Waals surface area contributed by atoms with Crippen LogP contribution in [-0.2, 0) is 16.1 Å². The number of aromatic nitrogens is 2. The zero-order valence-corrected chi connectivity index (χ0v) is 13.7. The summed E-state index contributed by atoms with van der Waals surface area (Å²) in [6, 6.07) is 3.72. The molecule has 1 atom stereocenters. The number of methoxy groups -OCH3 is 1. The number of carbonyl (C=O) groups is 1. The summed E-state index contributed by atoms with van der Waals surface area (Å²) in [5.41, 5.74) is 1.86. The molecular formula is C16H20ClN3O3. The quantitative estimate of drug-likeness (QED) is 0.861. The Morgan fingerprint density at radius 1 is 1.43 bits per heavy atom. The summed E-state index contributed by atoms with van der Waals surface area (Å²) in [6.45, 7) is 2.40. The van der Waals surface area contributed by atoms with E-state index in [0.717, 1.165) is 43.8 Å². The highest BCUT2D eigenvalue weighted by Gasteiger charge is 2.30. The van der Waals surface area contributed by atoms with Gasteiger partial charge in [-0.2, -0.15) is 0 Å². The third kappa shape index (κ3) is 3.65. The molecule has 0 spiro atoms. The van der Waals surface area contributed by atoms with Crippen LogP contribution in [0.1, 0.15) is 18.5 Å². The topological polar surface area (TPSA) is 67.1 Å². The first-order valence-electron chi connectivity index (χ1n) is 7.68. The van der Waals surface area contributed by atoms with Crippen LogP contribution in [0.4, 0.5) is 0 Å². The van der Waals surface area contributed by atoms with Crippen LogP contribution >= 0.6 is 11.6 Å². The second-order valence-electron chi connectivity index (χ2n) is 5.93. The Balaban J connectivity index is 1.58. The summed E-state index contributed by atoms with van der Waals surface area (Å²) in [6.07, 6.45) is 4.35. The number of rotatable bonds is 4. The number of aliphatic hydroxyl groups is 1. The Morgan fingerprint density at radius 2 is 2.17 bits per heavy atom. The molecule has 0 aliphatic carbocycles. The lowest BCUT2D eigenvalue weighted by Gasteiger charge is -2.32. The monoisotopic (exact) mass is 337 g/mol. The summed E-state index contributed by atoms with van der Waals surface area (Å²) < 4.78 is 6.53. The average Bonchev–Trinajstić information content (AvgIpc) is 2.95. The van der Waals surface area contributed by atoms with E-state index in [1.165, 1.54) is 7.11 Å². The summed E-state index contributed by atoms with van der Waals surface area (Å²) in [5.74, 6) is -0.570. The van der Waals surface area contributed by atoms with Crippen molar-refractivity contribution in [1.82, 2.24) is 14.3 Å². The van der Waals surface area contributed by atoms with Gasteiger partial charge in [0.25, 0.3) is 0 Å². The molecule has 6 nitrogen and oxygen atoms in total. The molecule has 2 aromatic rings. The van der Waals surface area contributed by atoms with Crippen molar-refractivity contribution < 1.29 is 14.6 Å². The molecule has 1 saturated heterocycles. The number of ether oxygens (including phenoxy) is 1. The van der Waals surface area contributed by atoms with Crippen LogP contribution in [0.5, 0.6) is 0 Å². The van der Waals surface area contributed by atoms with Crippen molar-refractivity contribution >= 4 is 23.2 Å². The van der Waals surface area contributed by atoms with Crippen LogP contribution in [0, 0.1) is 5.92 Å². The summed E-state index contributed by atoms with van der Waals surface area (Å²) in [7, 11) is 1.30. The lowest BCUT2D eigenvalue weighted by Crippen LogP contribution is -2.40. The molecule has 3 heterocycles. The standard InChI is InChI=1S/C16H20ClN3O3/c1-23-16(22)15(21)11-4-6-19(7-5-11)9-13-10-20-8-12(17)2-3-14(20)18-13/h2-3,8,10-11,15,21H,4-7,9H2,1H3/t15-/m0/s1. The number of pyridine rings is 1. The number of imidazole rings is 1. The van der Waals surface area contributed by atoms with Crippen LogP contribution in [0.15, 0.2) is 24.5 Å². The lowest BCUT2D eigenvalue weighted by molar-refractivity contribution is -0.154. The number of halogens is 1. The van der Waals surface area contributed by atoms with Gasteiger partial charge in [0, 0.05) is 18.9 Å². The van der Waals surface area contributed by atoms with E-state index in [1.54, 1.807) is 0 Å². The fourth-order valence-corrected chi connectivity index (χ4v) is 3.23. The van der Waals surface area contributed by atoms with Crippen molar-refractivity contribution in [2.45, 2.75) is 25.5 Å². The van der Waals surface area contributed by atoms with Crippen LogP contribution < -0.4 is 0 Å². The van der Waals surface area contributed by atoms with E-state index in [1.807, 2.05) is 28.9 Å². The van der Waals surface area contributed by atoms with E-state index in [9.17, 15) is 9.90 Å². The zero-order chi connectivity index (χ0) is 16.4. The molecule has 3 rings (SSSR count). The molecule has 1 aliphatic heterocycles. The summed E-state index contributed by atoms with van der Waals surface area (Å²) in [5, 5.41) is 10.6. The molecule has 1 aliphatic rings. The molecule has 0 aromatic carbocycles. The van der Waals surface area contributed by atoms with E-state index in [4.69, 9.17) is 11.6 Å². The highest BCUT2D eigenvalue weighted by molar-refractivity contribution is 6.30. The van der Waals surface area contributed by atoms with Gasteiger partial charge >= 0.3 is 5.97 Å². The van der Waals surface area contributed by atoms with E-state index < -0.39 is 12.1 Å². The number of likely N-dealkylation sites (tertiary alicyclic amines) is 1. The minimum absolute atomic E-state index is 0.0291. The van der Waals surface area contributed by atoms with Crippen LogP contribution in [-0.4, -0.2) is 51.7 Å². The second-order valence-corrected chi connectivity index (χ2v) is 6.36. The molecular weight excluding hydrogens is 318 g/mol. The largest absolute Gasteiger partial charge is 0.467 e. The number of hydrogen-bond acceptors (Lipinski definition) is 5. The summed E-state index contributed by atoms with van der Waals surface area (Å²) >= 11 is 5.98. The predicted molar refractivity (Wildman–Crippen MR) is 86.2 cm³/mol. The van der Waals surface area contributed by atoms with E-state index >= 15 is 0 Å². The van der Waals surface area contributed by atoms with Crippen molar-refractivity contribution in [3.63, 3.8) is 0 Å². The normalized spacial score (nSPS) is 18.2. The SMILES string of the molecule is COC(=O)[C@@H](O)C1CCN(Cc2cn3cc(Cl)ccc3n2)CC1. The van der Waals surface area contributed by atoms with Gasteiger partial charge in [0.15, 0.2) is 6.10 Å². The minimum atomic E-state index is -1.01.